The van der Waals surface area contributed by atoms with Crippen LogP contribution < -0.4 is 4.74 Å². The number of benzene rings is 2. The van der Waals surface area contributed by atoms with Crippen molar-refractivity contribution in [3.8, 4) is 11.5 Å². The normalized spacial score (nSPS) is 10.1. The highest BCUT2D eigenvalue weighted by atomic mass is 79.9. The first-order chi connectivity index (χ1) is 7.74. The second kappa shape index (κ2) is 5.03. The van der Waals surface area contributed by atoms with Crippen LogP contribution in [0.3, 0.4) is 0 Å². The van der Waals surface area contributed by atoms with E-state index in [4.69, 9.17) is 4.74 Å². The topological polar surface area (TPSA) is 29.5 Å². The van der Waals surface area contributed by atoms with E-state index in [1.54, 1.807) is 18.2 Å². The molecule has 16 heavy (non-hydrogen) atoms. The molecule has 2 nitrogen and oxygen atoms in total. The van der Waals surface area contributed by atoms with Crippen LogP contribution in [0.1, 0.15) is 5.56 Å². The average molecular weight is 279 g/mol. The van der Waals surface area contributed by atoms with Gasteiger partial charge in [0, 0.05) is 4.47 Å². The first-order valence-corrected chi connectivity index (χ1v) is 5.69. The highest BCUT2D eigenvalue weighted by Gasteiger charge is 1.97. The van der Waals surface area contributed by atoms with E-state index >= 15 is 0 Å². The van der Waals surface area contributed by atoms with Gasteiger partial charge in [-0.3, -0.25) is 0 Å². The van der Waals surface area contributed by atoms with Crippen LogP contribution in [0, 0.1) is 0 Å². The molecule has 0 radical (unpaired) electrons. The molecule has 0 aliphatic heterocycles. The Morgan fingerprint density at radius 1 is 1.06 bits per heavy atom. The number of hydrogen-bond donors (Lipinski definition) is 1. The Kier molecular flexibility index (Phi) is 3.47. The second-order valence-electron chi connectivity index (χ2n) is 3.41. The summed E-state index contributed by atoms with van der Waals surface area (Å²) in [6.45, 7) is 0.454. The predicted octanol–water partition coefficient (Wildman–Crippen LogP) is 3.73. The van der Waals surface area contributed by atoms with E-state index in [0.29, 0.717) is 6.61 Å². The van der Waals surface area contributed by atoms with Gasteiger partial charge in [-0.05, 0) is 42.0 Å². The first-order valence-electron chi connectivity index (χ1n) is 4.90. The van der Waals surface area contributed by atoms with E-state index in [9.17, 15) is 5.11 Å². The van der Waals surface area contributed by atoms with Crippen LogP contribution in [-0.2, 0) is 6.61 Å². The first kappa shape index (κ1) is 11.0. The van der Waals surface area contributed by atoms with Gasteiger partial charge in [-0.25, -0.2) is 0 Å². The van der Waals surface area contributed by atoms with Crippen molar-refractivity contribution in [2.24, 2.45) is 0 Å². The summed E-state index contributed by atoms with van der Waals surface area (Å²) in [5, 5.41) is 9.28. The molecular formula is C13H11BrO2. The molecule has 3 heteroatoms. The standard InChI is InChI=1S/C13H11BrO2/c14-11-4-6-13(7-5-11)16-9-10-2-1-3-12(15)8-10/h1-8,15H,9H2. The number of rotatable bonds is 3. The summed E-state index contributed by atoms with van der Waals surface area (Å²) in [7, 11) is 0. The Morgan fingerprint density at radius 2 is 1.81 bits per heavy atom. The van der Waals surface area contributed by atoms with Crippen LogP contribution in [0.5, 0.6) is 11.5 Å². The van der Waals surface area contributed by atoms with Gasteiger partial charge in [-0.15, -0.1) is 0 Å². The minimum atomic E-state index is 0.261. The third kappa shape index (κ3) is 3.00. The summed E-state index contributed by atoms with van der Waals surface area (Å²) in [5.74, 6) is 1.07. The van der Waals surface area contributed by atoms with Crippen molar-refractivity contribution in [3.63, 3.8) is 0 Å². The second-order valence-corrected chi connectivity index (χ2v) is 4.33. The number of hydrogen-bond acceptors (Lipinski definition) is 2. The van der Waals surface area contributed by atoms with Crippen LogP contribution in [0.15, 0.2) is 53.0 Å². The number of halogens is 1. The lowest BCUT2D eigenvalue weighted by Gasteiger charge is -2.06. The molecule has 2 aromatic rings. The van der Waals surface area contributed by atoms with Crippen LogP contribution in [-0.4, -0.2) is 5.11 Å². The fourth-order valence-electron chi connectivity index (χ4n) is 1.34. The lowest BCUT2D eigenvalue weighted by Crippen LogP contribution is -1.94. The van der Waals surface area contributed by atoms with Crippen molar-refractivity contribution < 1.29 is 9.84 Å². The summed E-state index contributed by atoms with van der Waals surface area (Å²) >= 11 is 3.36. The van der Waals surface area contributed by atoms with Crippen LogP contribution in [0.2, 0.25) is 0 Å². The third-order valence-corrected chi connectivity index (χ3v) is 2.66. The molecule has 1 N–H and O–H groups in total. The minimum absolute atomic E-state index is 0.261. The fourth-order valence-corrected chi connectivity index (χ4v) is 1.61. The smallest absolute Gasteiger partial charge is 0.119 e. The SMILES string of the molecule is Oc1cccc(COc2ccc(Br)cc2)c1. The third-order valence-electron chi connectivity index (χ3n) is 2.13. The molecule has 0 aliphatic rings. The summed E-state index contributed by atoms with van der Waals surface area (Å²) in [6.07, 6.45) is 0. The molecule has 2 rings (SSSR count). The number of phenols is 1. The molecular weight excluding hydrogens is 268 g/mol. The number of ether oxygens (including phenoxy) is 1. The van der Waals surface area contributed by atoms with Crippen LogP contribution >= 0.6 is 15.9 Å². The minimum Gasteiger partial charge on any atom is -0.508 e. The van der Waals surface area contributed by atoms with Crippen molar-refractivity contribution in [1.29, 1.82) is 0 Å². The molecule has 0 saturated heterocycles. The Labute approximate surface area is 103 Å². The molecule has 0 spiro atoms. The van der Waals surface area contributed by atoms with Crippen molar-refractivity contribution >= 4 is 15.9 Å². The van der Waals surface area contributed by atoms with E-state index in [0.717, 1.165) is 15.8 Å². The van der Waals surface area contributed by atoms with Crippen molar-refractivity contribution in [3.05, 3.63) is 58.6 Å². The largest absolute Gasteiger partial charge is 0.508 e. The maximum atomic E-state index is 9.28. The van der Waals surface area contributed by atoms with Crippen molar-refractivity contribution in [2.45, 2.75) is 6.61 Å². The van der Waals surface area contributed by atoms with E-state index in [-0.39, 0.29) is 5.75 Å². The van der Waals surface area contributed by atoms with Gasteiger partial charge in [0.15, 0.2) is 0 Å². The lowest BCUT2D eigenvalue weighted by atomic mass is 10.2. The highest BCUT2D eigenvalue weighted by Crippen LogP contribution is 2.18. The van der Waals surface area contributed by atoms with Gasteiger partial charge in [-0.2, -0.15) is 0 Å². The van der Waals surface area contributed by atoms with Crippen LogP contribution in [0.25, 0.3) is 0 Å². The molecule has 0 aromatic heterocycles. The molecule has 0 saturated carbocycles. The summed E-state index contributed by atoms with van der Waals surface area (Å²) in [4.78, 5) is 0. The number of phenolic OH excluding ortho intramolecular Hbond substituents is 1. The van der Waals surface area contributed by atoms with E-state index in [2.05, 4.69) is 15.9 Å². The van der Waals surface area contributed by atoms with Crippen molar-refractivity contribution in [1.82, 2.24) is 0 Å². The quantitative estimate of drug-likeness (QED) is 0.927. The Hall–Kier alpha value is -1.48. The lowest BCUT2D eigenvalue weighted by molar-refractivity contribution is 0.305. The molecule has 0 fully saturated rings. The number of aromatic hydroxyl groups is 1. The molecule has 0 bridgehead atoms. The maximum Gasteiger partial charge on any atom is 0.119 e. The summed E-state index contributed by atoms with van der Waals surface area (Å²) < 4.78 is 6.60. The molecule has 0 aliphatic carbocycles. The van der Waals surface area contributed by atoms with E-state index in [1.807, 2.05) is 30.3 Å². The van der Waals surface area contributed by atoms with Gasteiger partial charge in [0.2, 0.25) is 0 Å². The zero-order valence-electron chi connectivity index (χ0n) is 8.56. The van der Waals surface area contributed by atoms with Gasteiger partial charge < -0.3 is 9.84 Å². The zero-order valence-corrected chi connectivity index (χ0v) is 10.1. The molecule has 0 atom stereocenters. The Bertz CT molecular complexity index is 466. The molecule has 82 valence electrons. The Morgan fingerprint density at radius 3 is 2.50 bits per heavy atom. The highest BCUT2D eigenvalue weighted by molar-refractivity contribution is 9.10. The zero-order chi connectivity index (χ0) is 11.4. The average Bonchev–Trinajstić information content (AvgIpc) is 2.28. The predicted molar refractivity (Wildman–Crippen MR) is 66.6 cm³/mol. The van der Waals surface area contributed by atoms with Gasteiger partial charge in [0.1, 0.15) is 18.1 Å². The van der Waals surface area contributed by atoms with Crippen LogP contribution in [0.4, 0.5) is 0 Å². The van der Waals surface area contributed by atoms with Gasteiger partial charge in [0.05, 0.1) is 0 Å². The maximum absolute atomic E-state index is 9.28. The van der Waals surface area contributed by atoms with Gasteiger partial charge >= 0.3 is 0 Å². The Balaban J connectivity index is 1.99. The van der Waals surface area contributed by atoms with E-state index in [1.165, 1.54) is 0 Å². The molecule has 0 unspecified atom stereocenters. The summed E-state index contributed by atoms with van der Waals surface area (Å²) in [5.41, 5.74) is 0.947. The molecule has 2 aromatic carbocycles. The monoisotopic (exact) mass is 278 g/mol. The van der Waals surface area contributed by atoms with E-state index < -0.39 is 0 Å². The van der Waals surface area contributed by atoms with Crippen molar-refractivity contribution in [2.75, 3.05) is 0 Å². The van der Waals surface area contributed by atoms with Gasteiger partial charge in [-0.1, -0.05) is 28.1 Å². The molecule has 0 heterocycles. The molecule has 0 amide bonds. The summed E-state index contributed by atoms with van der Waals surface area (Å²) in [6, 6.07) is 14.7. The fraction of sp³-hybridized carbons (Fsp3) is 0.0769. The van der Waals surface area contributed by atoms with Gasteiger partial charge in [0.25, 0.3) is 0 Å².